The lowest BCUT2D eigenvalue weighted by Gasteiger charge is -2.22. The van der Waals surface area contributed by atoms with Gasteiger partial charge in [-0.1, -0.05) is 16.5 Å². The zero-order chi connectivity index (χ0) is 20.6. The smallest absolute Gasteiger partial charge is 0.411 e. The van der Waals surface area contributed by atoms with Gasteiger partial charge >= 0.3 is 6.18 Å². The first kappa shape index (κ1) is 19.6. The van der Waals surface area contributed by atoms with Crippen LogP contribution < -0.4 is 11.1 Å². The molecule has 0 atom stereocenters. The highest BCUT2D eigenvalue weighted by Gasteiger charge is 2.34. The molecule has 0 amide bonds. The molecule has 1 saturated carbocycles. The number of oxime groups is 1. The topological polar surface area (TPSA) is 114 Å². The molecule has 0 aromatic carbocycles. The fourth-order valence-corrected chi connectivity index (χ4v) is 4.15. The van der Waals surface area contributed by atoms with Crippen molar-refractivity contribution in [3.8, 4) is 11.3 Å². The molecule has 4 rings (SSSR count). The Balaban J connectivity index is 1.52. The molecule has 4 N–H and O–H groups in total. The Labute approximate surface area is 167 Å². The van der Waals surface area contributed by atoms with E-state index in [2.05, 4.69) is 25.5 Å². The minimum Gasteiger partial charge on any atom is -0.411 e. The quantitative estimate of drug-likeness (QED) is 0.437. The molecule has 0 radical (unpaired) electrons. The van der Waals surface area contributed by atoms with Crippen LogP contribution in [0.5, 0.6) is 0 Å². The summed E-state index contributed by atoms with van der Waals surface area (Å²) in [5, 5.41) is 20.8. The second-order valence-corrected chi connectivity index (χ2v) is 7.85. The summed E-state index contributed by atoms with van der Waals surface area (Å²) in [4.78, 5) is 8.52. The van der Waals surface area contributed by atoms with Gasteiger partial charge in [-0.3, -0.25) is 0 Å². The predicted molar refractivity (Wildman–Crippen MR) is 102 cm³/mol. The number of aromatic nitrogens is 4. The summed E-state index contributed by atoms with van der Waals surface area (Å²) in [5.74, 6) is -0.563. The van der Waals surface area contributed by atoms with Crippen LogP contribution in [0.25, 0.3) is 16.2 Å². The number of nitrogen functional groups attached to an aromatic ring is 1. The van der Waals surface area contributed by atoms with Gasteiger partial charge in [0, 0.05) is 24.3 Å². The maximum atomic E-state index is 13.1. The number of hydrogen-bond donors (Lipinski definition) is 3. The monoisotopic (exact) mass is 425 g/mol. The number of anilines is 1. The van der Waals surface area contributed by atoms with Crippen molar-refractivity contribution in [1.82, 2.24) is 24.9 Å². The van der Waals surface area contributed by atoms with E-state index in [1.54, 1.807) is 0 Å². The van der Waals surface area contributed by atoms with E-state index in [4.69, 9.17) is 10.9 Å². The van der Waals surface area contributed by atoms with Crippen molar-refractivity contribution in [2.24, 2.45) is 5.16 Å². The van der Waals surface area contributed by atoms with E-state index >= 15 is 0 Å². The van der Waals surface area contributed by atoms with Crippen LogP contribution >= 0.6 is 11.3 Å². The molecule has 0 bridgehead atoms. The summed E-state index contributed by atoms with van der Waals surface area (Å²) < 4.78 is 40.9. The predicted octanol–water partition coefficient (Wildman–Crippen LogP) is 3.32. The number of pyridine rings is 1. The SMILES string of the molecule is Nc1ncc(-c2cnc3sc(CNC4CCC(=NO)CC4)nn23)cc1C(F)(F)F. The van der Waals surface area contributed by atoms with Crippen LogP contribution in [-0.4, -0.2) is 36.5 Å². The Kier molecular flexibility index (Phi) is 5.13. The Bertz CT molecular complexity index is 1050. The lowest BCUT2D eigenvalue weighted by Crippen LogP contribution is -2.32. The molecular weight excluding hydrogens is 407 g/mol. The molecule has 29 heavy (non-hydrogen) atoms. The van der Waals surface area contributed by atoms with Crippen LogP contribution in [0.3, 0.4) is 0 Å². The molecule has 0 aliphatic heterocycles. The van der Waals surface area contributed by atoms with E-state index in [9.17, 15) is 13.2 Å². The fraction of sp³-hybridized carbons (Fsp3) is 0.412. The van der Waals surface area contributed by atoms with Crippen molar-refractivity contribution in [2.45, 2.75) is 44.4 Å². The van der Waals surface area contributed by atoms with E-state index in [0.717, 1.165) is 42.5 Å². The molecule has 12 heteroatoms. The fourth-order valence-electron chi connectivity index (χ4n) is 3.33. The van der Waals surface area contributed by atoms with Gasteiger partial charge in [-0.15, -0.1) is 0 Å². The van der Waals surface area contributed by atoms with Crippen molar-refractivity contribution in [3.05, 3.63) is 29.0 Å². The van der Waals surface area contributed by atoms with E-state index in [0.29, 0.717) is 23.2 Å². The summed E-state index contributed by atoms with van der Waals surface area (Å²) in [6, 6.07) is 1.26. The van der Waals surface area contributed by atoms with Crippen LogP contribution in [0.2, 0.25) is 0 Å². The normalized spacial score (nSPS) is 17.8. The number of nitrogens with one attached hydrogen (secondary N) is 1. The summed E-state index contributed by atoms with van der Waals surface area (Å²) >= 11 is 1.37. The van der Waals surface area contributed by atoms with Crippen LogP contribution in [-0.2, 0) is 12.7 Å². The number of hydrogen-bond acceptors (Lipinski definition) is 8. The minimum atomic E-state index is -4.59. The molecule has 1 aliphatic rings. The van der Waals surface area contributed by atoms with Crippen molar-refractivity contribution in [3.63, 3.8) is 0 Å². The molecular formula is C17H18F3N7OS. The highest BCUT2D eigenvalue weighted by Crippen LogP contribution is 2.35. The summed E-state index contributed by atoms with van der Waals surface area (Å²) in [6.07, 6.45) is 1.44. The maximum Gasteiger partial charge on any atom is 0.419 e. The second-order valence-electron chi connectivity index (χ2n) is 6.81. The summed E-state index contributed by atoms with van der Waals surface area (Å²) in [7, 11) is 0. The summed E-state index contributed by atoms with van der Waals surface area (Å²) in [5.41, 5.74) is 5.87. The molecule has 1 fully saturated rings. The number of rotatable bonds is 4. The average Bonchev–Trinajstić information content (AvgIpc) is 3.27. The molecule has 8 nitrogen and oxygen atoms in total. The van der Waals surface area contributed by atoms with Crippen molar-refractivity contribution in [1.29, 1.82) is 0 Å². The molecule has 3 aromatic heterocycles. The first-order valence-corrected chi connectivity index (χ1v) is 9.76. The van der Waals surface area contributed by atoms with E-state index in [-0.39, 0.29) is 5.56 Å². The van der Waals surface area contributed by atoms with Crippen molar-refractivity contribution < 1.29 is 18.4 Å². The number of halogens is 3. The summed E-state index contributed by atoms with van der Waals surface area (Å²) in [6.45, 7) is 0.525. The number of alkyl halides is 3. The van der Waals surface area contributed by atoms with E-state index < -0.39 is 17.6 Å². The third kappa shape index (κ3) is 4.03. The Hall–Kier alpha value is -2.73. The zero-order valence-corrected chi connectivity index (χ0v) is 16.0. The second kappa shape index (κ2) is 7.59. The number of imidazole rings is 1. The largest absolute Gasteiger partial charge is 0.419 e. The Morgan fingerprint density at radius 1 is 1.28 bits per heavy atom. The standard InChI is InChI=1S/C17H18F3N7OS/c18-17(19,20)12-5-9(6-23-15(12)21)13-7-24-16-27(13)25-14(29-16)8-22-10-1-3-11(26-28)4-2-10/h5-7,10,22,28H,1-4,8H2,(H2,21,23). The Morgan fingerprint density at radius 2 is 2.03 bits per heavy atom. The van der Waals surface area contributed by atoms with Gasteiger partial charge in [-0.05, 0) is 31.7 Å². The van der Waals surface area contributed by atoms with Gasteiger partial charge in [0.05, 0.1) is 23.2 Å². The first-order chi connectivity index (χ1) is 13.8. The van der Waals surface area contributed by atoms with Gasteiger partial charge in [-0.2, -0.15) is 18.3 Å². The molecule has 0 spiro atoms. The molecule has 0 unspecified atom stereocenters. The Morgan fingerprint density at radius 3 is 2.72 bits per heavy atom. The van der Waals surface area contributed by atoms with E-state index in [1.165, 1.54) is 28.2 Å². The number of fused-ring (bicyclic) bond motifs is 1. The van der Waals surface area contributed by atoms with Crippen LogP contribution in [0.1, 0.15) is 36.3 Å². The molecule has 3 heterocycles. The average molecular weight is 425 g/mol. The minimum absolute atomic E-state index is 0.243. The lowest BCUT2D eigenvalue weighted by atomic mass is 9.94. The van der Waals surface area contributed by atoms with Gasteiger partial charge in [0.1, 0.15) is 10.8 Å². The van der Waals surface area contributed by atoms with E-state index in [1.807, 2.05) is 0 Å². The highest BCUT2D eigenvalue weighted by atomic mass is 32.1. The third-order valence-corrected chi connectivity index (χ3v) is 5.82. The number of nitrogens with two attached hydrogens (primary N) is 1. The third-order valence-electron chi connectivity index (χ3n) is 4.89. The van der Waals surface area contributed by atoms with Crippen LogP contribution in [0, 0.1) is 0 Å². The van der Waals surface area contributed by atoms with Gasteiger partial charge in [0.2, 0.25) is 4.96 Å². The van der Waals surface area contributed by atoms with Gasteiger partial charge in [0.25, 0.3) is 0 Å². The molecule has 1 aliphatic carbocycles. The zero-order valence-electron chi connectivity index (χ0n) is 15.1. The van der Waals surface area contributed by atoms with Crippen LogP contribution in [0.15, 0.2) is 23.6 Å². The number of nitrogens with zero attached hydrogens (tertiary/aromatic N) is 5. The molecule has 0 saturated heterocycles. The van der Waals surface area contributed by atoms with Crippen molar-refractivity contribution in [2.75, 3.05) is 5.73 Å². The highest BCUT2D eigenvalue weighted by molar-refractivity contribution is 7.16. The van der Waals surface area contributed by atoms with Gasteiger partial charge < -0.3 is 16.3 Å². The van der Waals surface area contributed by atoms with Crippen molar-refractivity contribution >= 4 is 27.8 Å². The van der Waals surface area contributed by atoms with Crippen LogP contribution in [0.4, 0.5) is 19.0 Å². The lowest BCUT2D eigenvalue weighted by molar-refractivity contribution is -0.137. The molecule has 3 aromatic rings. The van der Waals surface area contributed by atoms with Gasteiger partial charge in [0.15, 0.2) is 0 Å². The maximum absolute atomic E-state index is 13.1. The first-order valence-electron chi connectivity index (χ1n) is 8.95. The molecule has 154 valence electrons. The van der Waals surface area contributed by atoms with Gasteiger partial charge in [-0.25, -0.2) is 14.5 Å².